The molecule has 2 unspecified atom stereocenters. The van der Waals surface area contributed by atoms with Crippen molar-refractivity contribution in [1.82, 2.24) is 4.90 Å². The van der Waals surface area contributed by atoms with Gasteiger partial charge in [-0.05, 0) is 19.4 Å². The summed E-state index contributed by atoms with van der Waals surface area (Å²) in [5, 5.41) is 8.78. The maximum Gasteiger partial charge on any atom is 0.308 e. The number of alkyl halides is 1. The van der Waals surface area contributed by atoms with Gasteiger partial charge in [0.15, 0.2) is 0 Å². The zero-order chi connectivity index (χ0) is 9.14. The first-order valence-electron chi connectivity index (χ1n) is 4.12. The van der Waals surface area contributed by atoms with Crippen LogP contribution in [0.2, 0.25) is 0 Å². The van der Waals surface area contributed by atoms with Gasteiger partial charge < -0.3 is 10.0 Å². The highest BCUT2D eigenvalue weighted by Crippen LogP contribution is 2.25. The fourth-order valence-electron chi connectivity index (χ4n) is 1.80. The molecule has 1 rings (SSSR count). The molecule has 0 aromatic rings. The predicted molar refractivity (Wildman–Crippen MR) is 42.7 cm³/mol. The maximum absolute atomic E-state index is 12.0. The Balaban J connectivity index is 2.53. The molecule has 0 spiro atoms. The van der Waals surface area contributed by atoms with Crippen LogP contribution in [0.5, 0.6) is 0 Å². The largest absolute Gasteiger partial charge is 0.481 e. The minimum absolute atomic E-state index is 0.00231. The van der Waals surface area contributed by atoms with E-state index in [2.05, 4.69) is 0 Å². The predicted octanol–water partition coefficient (Wildman–Crippen LogP) is 0.608. The first kappa shape index (κ1) is 9.45. The molecule has 1 heterocycles. The van der Waals surface area contributed by atoms with Crippen molar-refractivity contribution in [3.05, 3.63) is 0 Å². The van der Waals surface area contributed by atoms with Crippen molar-refractivity contribution in [3.8, 4) is 0 Å². The molecule has 0 aromatic carbocycles. The van der Waals surface area contributed by atoms with Gasteiger partial charge >= 0.3 is 5.97 Å². The van der Waals surface area contributed by atoms with Crippen molar-refractivity contribution in [2.45, 2.75) is 6.42 Å². The fraction of sp³-hybridized carbons (Fsp3) is 0.875. The molecule has 0 aromatic heterocycles. The summed E-state index contributed by atoms with van der Waals surface area (Å²) in [4.78, 5) is 12.6. The molecule has 12 heavy (non-hydrogen) atoms. The van der Waals surface area contributed by atoms with E-state index in [1.165, 1.54) is 0 Å². The summed E-state index contributed by atoms with van der Waals surface area (Å²) in [6, 6.07) is 0. The van der Waals surface area contributed by atoms with Crippen molar-refractivity contribution in [1.29, 1.82) is 0 Å². The average molecular weight is 175 g/mol. The van der Waals surface area contributed by atoms with Crippen molar-refractivity contribution in [2.75, 3.05) is 26.8 Å². The van der Waals surface area contributed by atoms with E-state index in [0.717, 1.165) is 0 Å². The molecule has 70 valence electrons. The molecule has 1 fully saturated rings. The maximum atomic E-state index is 12.0. The summed E-state index contributed by atoms with van der Waals surface area (Å²) < 4.78 is 12.0. The molecule has 0 bridgehead atoms. The Bertz CT molecular complexity index is 174. The molecular formula is C8H14FNO2. The third-order valence-corrected chi connectivity index (χ3v) is 2.42. The van der Waals surface area contributed by atoms with Gasteiger partial charge in [-0.15, -0.1) is 0 Å². The molecule has 3 nitrogen and oxygen atoms in total. The molecule has 0 saturated carbocycles. The van der Waals surface area contributed by atoms with E-state index >= 15 is 0 Å². The second kappa shape index (κ2) is 3.85. The lowest BCUT2D eigenvalue weighted by Crippen LogP contribution is -2.22. The van der Waals surface area contributed by atoms with Crippen LogP contribution in [-0.4, -0.2) is 42.8 Å². The highest BCUT2D eigenvalue weighted by molar-refractivity contribution is 5.71. The second-order valence-electron chi connectivity index (χ2n) is 3.40. The summed E-state index contributed by atoms with van der Waals surface area (Å²) in [6.07, 6.45) is 0.376. The Hall–Kier alpha value is -0.640. The standard InChI is InChI=1S/C8H14FNO2/c1-10-4-6(2-3-9)7(5-10)8(11)12/h6-7H,2-5H2,1H3,(H,11,12). The number of carboxylic acid groups (broad SMARTS) is 1. The monoisotopic (exact) mass is 175 g/mol. The van der Waals surface area contributed by atoms with Crippen LogP contribution in [0, 0.1) is 11.8 Å². The number of carbonyl (C=O) groups is 1. The highest BCUT2D eigenvalue weighted by Gasteiger charge is 2.35. The Morgan fingerprint density at radius 1 is 1.67 bits per heavy atom. The normalized spacial score (nSPS) is 30.8. The van der Waals surface area contributed by atoms with E-state index in [1.807, 2.05) is 11.9 Å². The topological polar surface area (TPSA) is 40.5 Å². The summed E-state index contributed by atoms with van der Waals surface area (Å²) in [5.74, 6) is -1.17. The molecule has 1 aliphatic heterocycles. The molecule has 0 radical (unpaired) electrons. The van der Waals surface area contributed by atoms with Crippen LogP contribution in [0.15, 0.2) is 0 Å². The van der Waals surface area contributed by atoms with Crippen LogP contribution < -0.4 is 0 Å². The van der Waals surface area contributed by atoms with Crippen LogP contribution in [-0.2, 0) is 4.79 Å². The minimum Gasteiger partial charge on any atom is -0.481 e. The zero-order valence-corrected chi connectivity index (χ0v) is 7.16. The number of halogens is 1. The molecule has 1 aliphatic rings. The Kier molecular flexibility index (Phi) is 3.03. The number of likely N-dealkylation sites (tertiary alicyclic amines) is 1. The van der Waals surface area contributed by atoms with E-state index in [4.69, 9.17) is 5.11 Å². The number of hydrogen-bond acceptors (Lipinski definition) is 2. The quantitative estimate of drug-likeness (QED) is 0.683. The molecular weight excluding hydrogens is 161 g/mol. The molecule has 4 heteroatoms. The van der Waals surface area contributed by atoms with Crippen LogP contribution >= 0.6 is 0 Å². The number of carboxylic acids is 1. The Morgan fingerprint density at radius 2 is 2.33 bits per heavy atom. The van der Waals surface area contributed by atoms with Crippen LogP contribution in [0.25, 0.3) is 0 Å². The number of nitrogens with zero attached hydrogens (tertiary/aromatic N) is 1. The van der Waals surface area contributed by atoms with Crippen LogP contribution in [0.4, 0.5) is 4.39 Å². The Morgan fingerprint density at radius 3 is 2.83 bits per heavy atom. The van der Waals surface area contributed by atoms with Crippen molar-refractivity contribution >= 4 is 5.97 Å². The van der Waals surface area contributed by atoms with E-state index in [9.17, 15) is 9.18 Å². The summed E-state index contributed by atoms with van der Waals surface area (Å²) in [5.41, 5.74) is 0. The van der Waals surface area contributed by atoms with Gasteiger partial charge in [0.1, 0.15) is 0 Å². The van der Waals surface area contributed by atoms with Crippen LogP contribution in [0.1, 0.15) is 6.42 Å². The van der Waals surface area contributed by atoms with E-state index in [-0.39, 0.29) is 11.8 Å². The summed E-state index contributed by atoms with van der Waals surface area (Å²) >= 11 is 0. The first-order chi connectivity index (χ1) is 5.65. The smallest absolute Gasteiger partial charge is 0.308 e. The van der Waals surface area contributed by atoms with E-state index in [0.29, 0.717) is 19.5 Å². The zero-order valence-electron chi connectivity index (χ0n) is 7.16. The number of rotatable bonds is 3. The van der Waals surface area contributed by atoms with Gasteiger partial charge in [-0.3, -0.25) is 9.18 Å². The van der Waals surface area contributed by atoms with Crippen molar-refractivity contribution < 1.29 is 14.3 Å². The SMILES string of the molecule is CN1CC(CCF)C(C(=O)O)C1. The van der Waals surface area contributed by atoms with E-state index in [1.54, 1.807) is 0 Å². The van der Waals surface area contributed by atoms with Gasteiger partial charge in [0.25, 0.3) is 0 Å². The van der Waals surface area contributed by atoms with Gasteiger partial charge in [-0.2, -0.15) is 0 Å². The van der Waals surface area contributed by atoms with Crippen LogP contribution in [0.3, 0.4) is 0 Å². The number of hydrogen-bond donors (Lipinski definition) is 1. The lowest BCUT2D eigenvalue weighted by atomic mass is 9.94. The minimum atomic E-state index is -0.794. The molecule has 1 saturated heterocycles. The van der Waals surface area contributed by atoms with Gasteiger partial charge in [-0.1, -0.05) is 0 Å². The second-order valence-corrected chi connectivity index (χ2v) is 3.40. The van der Waals surface area contributed by atoms with Gasteiger partial charge in [0.2, 0.25) is 0 Å². The lowest BCUT2D eigenvalue weighted by molar-refractivity contribution is -0.142. The molecule has 2 atom stereocenters. The van der Waals surface area contributed by atoms with Crippen molar-refractivity contribution in [3.63, 3.8) is 0 Å². The molecule has 0 aliphatic carbocycles. The molecule has 1 N–H and O–H groups in total. The van der Waals surface area contributed by atoms with Gasteiger partial charge in [-0.25, -0.2) is 0 Å². The highest BCUT2D eigenvalue weighted by atomic mass is 19.1. The van der Waals surface area contributed by atoms with Gasteiger partial charge in [0.05, 0.1) is 12.6 Å². The third kappa shape index (κ3) is 1.94. The number of aliphatic carboxylic acids is 1. The average Bonchev–Trinajstić information content (AvgIpc) is 2.32. The van der Waals surface area contributed by atoms with Crippen molar-refractivity contribution in [2.24, 2.45) is 11.8 Å². The van der Waals surface area contributed by atoms with E-state index < -0.39 is 12.6 Å². The first-order valence-corrected chi connectivity index (χ1v) is 4.12. The summed E-state index contributed by atoms with van der Waals surface area (Å²) in [6.45, 7) is 0.850. The van der Waals surface area contributed by atoms with Gasteiger partial charge in [0, 0.05) is 13.1 Å². The third-order valence-electron chi connectivity index (χ3n) is 2.42. The summed E-state index contributed by atoms with van der Waals surface area (Å²) in [7, 11) is 1.87. The lowest BCUT2D eigenvalue weighted by Gasteiger charge is -2.11. The fourth-order valence-corrected chi connectivity index (χ4v) is 1.80. The molecule has 0 amide bonds. The Labute approximate surface area is 71.2 Å².